The van der Waals surface area contributed by atoms with Gasteiger partial charge in [0.1, 0.15) is 0 Å². The van der Waals surface area contributed by atoms with Gasteiger partial charge in [0.2, 0.25) is 10.1 Å². The molecule has 0 atom stereocenters. The topological polar surface area (TPSA) is 75.9 Å². The molecule has 0 unspecified atom stereocenters. The SMILES string of the molecule is Cc1c(Nc2nnc(C(F)(F)F)s2)cnn1CCO. The van der Waals surface area contributed by atoms with Crippen LogP contribution in [0.4, 0.5) is 24.0 Å². The zero-order chi connectivity index (χ0) is 14.0. The largest absolute Gasteiger partial charge is 0.445 e. The van der Waals surface area contributed by atoms with E-state index < -0.39 is 11.2 Å². The Labute approximate surface area is 109 Å². The van der Waals surface area contributed by atoms with Crippen LogP contribution in [-0.2, 0) is 12.7 Å². The van der Waals surface area contributed by atoms with Crippen LogP contribution in [-0.4, -0.2) is 31.7 Å². The normalized spacial score (nSPS) is 11.8. The number of hydrogen-bond donors (Lipinski definition) is 2. The molecule has 6 nitrogen and oxygen atoms in total. The molecule has 0 amide bonds. The van der Waals surface area contributed by atoms with Crippen molar-refractivity contribution in [1.29, 1.82) is 0 Å². The Balaban J connectivity index is 2.15. The molecule has 0 spiro atoms. The van der Waals surface area contributed by atoms with Gasteiger partial charge in [0.15, 0.2) is 0 Å². The zero-order valence-electron chi connectivity index (χ0n) is 9.77. The Morgan fingerprint density at radius 3 is 2.74 bits per heavy atom. The van der Waals surface area contributed by atoms with Gasteiger partial charge < -0.3 is 10.4 Å². The Morgan fingerprint density at radius 1 is 1.42 bits per heavy atom. The highest BCUT2D eigenvalue weighted by atomic mass is 32.1. The van der Waals surface area contributed by atoms with Crippen molar-refractivity contribution in [2.45, 2.75) is 19.6 Å². The fraction of sp³-hybridized carbons (Fsp3) is 0.444. The molecule has 0 saturated carbocycles. The van der Waals surface area contributed by atoms with Crippen molar-refractivity contribution in [1.82, 2.24) is 20.0 Å². The van der Waals surface area contributed by atoms with E-state index in [9.17, 15) is 13.2 Å². The minimum atomic E-state index is -4.49. The van der Waals surface area contributed by atoms with E-state index >= 15 is 0 Å². The molecule has 19 heavy (non-hydrogen) atoms. The molecule has 104 valence electrons. The monoisotopic (exact) mass is 293 g/mol. The van der Waals surface area contributed by atoms with Gasteiger partial charge in [-0.2, -0.15) is 18.3 Å². The van der Waals surface area contributed by atoms with Crippen molar-refractivity contribution < 1.29 is 18.3 Å². The molecule has 2 heterocycles. The second kappa shape index (κ2) is 5.13. The minimum Gasteiger partial charge on any atom is -0.394 e. The summed E-state index contributed by atoms with van der Waals surface area (Å²) in [4.78, 5) is 0. The summed E-state index contributed by atoms with van der Waals surface area (Å²) < 4.78 is 38.6. The molecule has 2 rings (SSSR count). The van der Waals surface area contributed by atoms with Crippen LogP contribution < -0.4 is 5.32 Å². The van der Waals surface area contributed by atoms with Gasteiger partial charge in [0.05, 0.1) is 30.7 Å². The summed E-state index contributed by atoms with van der Waals surface area (Å²) in [6.07, 6.45) is -3.03. The average molecular weight is 293 g/mol. The fourth-order valence-corrected chi connectivity index (χ4v) is 2.02. The molecule has 0 aliphatic heterocycles. The second-order valence-corrected chi connectivity index (χ2v) is 4.60. The van der Waals surface area contributed by atoms with Crippen LogP contribution in [0.1, 0.15) is 10.7 Å². The van der Waals surface area contributed by atoms with Crippen LogP contribution in [0.25, 0.3) is 0 Å². The average Bonchev–Trinajstić information content (AvgIpc) is 2.91. The van der Waals surface area contributed by atoms with E-state index in [0.717, 1.165) is 0 Å². The number of nitrogens with zero attached hydrogens (tertiary/aromatic N) is 4. The summed E-state index contributed by atoms with van der Waals surface area (Å²) in [7, 11) is 0. The number of aliphatic hydroxyl groups excluding tert-OH is 1. The van der Waals surface area contributed by atoms with Crippen LogP contribution in [0.15, 0.2) is 6.20 Å². The van der Waals surface area contributed by atoms with Gasteiger partial charge in [-0.05, 0) is 6.92 Å². The van der Waals surface area contributed by atoms with Crippen molar-refractivity contribution in [2.75, 3.05) is 11.9 Å². The lowest BCUT2D eigenvalue weighted by atomic mass is 10.4. The molecule has 0 aliphatic rings. The molecule has 0 aliphatic carbocycles. The first kappa shape index (κ1) is 13.7. The quantitative estimate of drug-likeness (QED) is 0.899. The summed E-state index contributed by atoms with van der Waals surface area (Å²) in [6.45, 7) is 1.98. The highest BCUT2D eigenvalue weighted by molar-refractivity contribution is 7.15. The highest BCUT2D eigenvalue weighted by Gasteiger charge is 2.35. The summed E-state index contributed by atoms with van der Waals surface area (Å²) >= 11 is 0.421. The Bertz CT molecular complexity index is 564. The number of halogens is 3. The first-order chi connectivity index (χ1) is 8.91. The van der Waals surface area contributed by atoms with Crippen molar-refractivity contribution in [3.63, 3.8) is 0 Å². The molecule has 0 radical (unpaired) electrons. The van der Waals surface area contributed by atoms with Crippen LogP contribution in [0.5, 0.6) is 0 Å². The lowest BCUT2D eigenvalue weighted by Gasteiger charge is -2.03. The van der Waals surface area contributed by atoms with Crippen LogP contribution >= 0.6 is 11.3 Å². The van der Waals surface area contributed by atoms with E-state index in [1.807, 2.05) is 0 Å². The maximum Gasteiger partial charge on any atom is 0.445 e. The molecule has 0 bridgehead atoms. The summed E-state index contributed by atoms with van der Waals surface area (Å²) in [6, 6.07) is 0. The van der Waals surface area contributed by atoms with E-state index in [1.165, 1.54) is 10.9 Å². The smallest absolute Gasteiger partial charge is 0.394 e. The predicted molar refractivity (Wildman–Crippen MR) is 62.2 cm³/mol. The third kappa shape index (κ3) is 3.01. The van der Waals surface area contributed by atoms with Gasteiger partial charge in [-0.15, -0.1) is 10.2 Å². The molecule has 2 N–H and O–H groups in total. The number of alkyl halides is 3. The number of aromatic nitrogens is 4. The first-order valence-electron chi connectivity index (χ1n) is 5.23. The highest BCUT2D eigenvalue weighted by Crippen LogP contribution is 2.34. The molecule has 10 heteroatoms. The fourth-order valence-electron chi connectivity index (χ4n) is 1.39. The van der Waals surface area contributed by atoms with Gasteiger partial charge in [0.25, 0.3) is 0 Å². The number of rotatable bonds is 4. The number of aliphatic hydroxyl groups is 1. The molecular weight excluding hydrogens is 283 g/mol. The second-order valence-electron chi connectivity index (χ2n) is 3.63. The first-order valence-corrected chi connectivity index (χ1v) is 6.04. The minimum absolute atomic E-state index is 0.0407. The van der Waals surface area contributed by atoms with E-state index in [1.54, 1.807) is 6.92 Å². The van der Waals surface area contributed by atoms with E-state index in [2.05, 4.69) is 20.6 Å². The molecular formula is C9H10F3N5OS. The van der Waals surface area contributed by atoms with E-state index in [0.29, 0.717) is 29.3 Å². The lowest BCUT2D eigenvalue weighted by Crippen LogP contribution is -2.05. The summed E-state index contributed by atoms with van der Waals surface area (Å²) in [5.41, 5.74) is 1.22. The maximum atomic E-state index is 12.4. The summed E-state index contributed by atoms with van der Waals surface area (Å²) in [5, 5.41) is 21.1. The van der Waals surface area contributed by atoms with Crippen molar-refractivity contribution >= 4 is 22.2 Å². The predicted octanol–water partition coefficient (Wildman–Crippen LogP) is 1.80. The van der Waals surface area contributed by atoms with E-state index in [4.69, 9.17) is 5.11 Å². The Morgan fingerprint density at radius 2 is 2.16 bits per heavy atom. The van der Waals surface area contributed by atoms with Crippen LogP contribution in [0.2, 0.25) is 0 Å². The van der Waals surface area contributed by atoms with E-state index in [-0.39, 0.29) is 11.7 Å². The number of hydrogen-bond acceptors (Lipinski definition) is 6. The molecule has 0 saturated heterocycles. The summed E-state index contributed by atoms with van der Waals surface area (Å²) in [5.74, 6) is 0. The zero-order valence-corrected chi connectivity index (χ0v) is 10.6. The molecule has 2 aromatic heterocycles. The lowest BCUT2D eigenvalue weighted by molar-refractivity contribution is -0.138. The third-order valence-corrected chi connectivity index (χ3v) is 3.21. The van der Waals surface area contributed by atoms with Gasteiger partial charge in [-0.3, -0.25) is 4.68 Å². The Hall–Kier alpha value is -1.68. The van der Waals surface area contributed by atoms with Gasteiger partial charge in [-0.1, -0.05) is 11.3 Å². The number of anilines is 2. The van der Waals surface area contributed by atoms with Gasteiger partial charge in [0, 0.05) is 0 Å². The molecule has 0 fully saturated rings. The van der Waals surface area contributed by atoms with Crippen LogP contribution in [0.3, 0.4) is 0 Å². The third-order valence-electron chi connectivity index (χ3n) is 2.32. The Kier molecular flexibility index (Phi) is 3.71. The molecule has 0 aromatic carbocycles. The van der Waals surface area contributed by atoms with Crippen molar-refractivity contribution in [2.24, 2.45) is 0 Å². The number of nitrogens with one attached hydrogen (secondary N) is 1. The van der Waals surface area contributed by atoms with Gasteiger partial charge >= 0.3 is 6.18 Å². The van der Waals surface area contributed by atoms with Crippen molar-refractivity contribution in [3.8, 4) is 0 Å². The maximum absolute atomic E-state index is 12.4. The van der Waals surface area contributed by atoms with Crippen LogP contribution in [0, 0.1) is 6.92 Å². The van der Waals surface area contributed by atoms with Gasteiger partial charge in [-0.25, -0.2) is 0 Å². The van der Waals surface area contributed by atoms with Crippen molar-refractivity contribution in [3.05, 3.63) is 16.9 Å². The molecule has 2 aromatic rings. The standard InChI is InChI=1S/C9H10F3N5OS/c1-5-6(4-13-17(5)2-3-18)14-8-16-15-7(19-8)9(10,11)12/h4,18H,2-3H2,1H3,(H,14,16).